The summed E-state index contributed by atoms with van der Waals surface area (Å²) < 4.78 is 33.4. The molecular formula is C13H11ClN2O5S2. The number of hydrogen-bond acceptors (Lipinski definition) is 5. The van der Waals surface area contributed by atoms with Crippen molar-refractivity contribution in [2.24, 2.45) is 3.77 Å². The summed E-state index contributed by atoms with van der Waals surface area (Å²) in [6, 6.07) is 10.9. The first-order valence-electron chi connectivity index (χ1n) is 6.10. The maximum absolute atomic E-state index is 12.3. The molecule has 0 saturated heterocycles. The second kappa shape index (κ2) is 7.18. The monoisotopic (exact) mass is 374 g/mol. The molecule has 0 bridgehead atoms. The van der Waals surface area contributed by atoms with Gasteiger partial charge in [-0.25, -0.2) is 0 Å². The van der Waals surface area contributed by atoms with Crippen molar-refractivity contribution in [3.63, 3.8) is 0 Å². The number of halogens is 1. The maximum Gasteiger partial charge on any atom is 0.290 e. The summed E-state index contributed by atoms with van der Waals surface area (Å²) in [5.74, 6) is 0. The third-order valence-electron chi connectivity index (χ3n) is 2.68. The first-order chi connectivity index (χ1) is 10.8. The van der Waals surface area contributed by atoms with Crippen LogP contribution in [0.5, 0.6) is 0 Å². The Labute approximate surface area is 140 Å². The normalized spacial score (nSPS) is 13.0. The van der Waals surface area contributed by atoms with Gasteiger partial charge < -0.3 is 4.18 Å². The molecule has 0 aliphatic heterocycles. The predicted octanol–water partition coefficient (Wildman–Crippen LogP) is 3.36. The highest BCUT2D eigenvalue weighted by molar-refractivity contribution is 7.98. The van der Waals surface area contributed by atoms with Crippen molar-refractivity contribution < 1.29 is 17.5 Å². The van der Waals surface area contributed by atoms with E-state index in [0.29, 0.717) is 9.92 Å². The second-order valence-corrected chi connectivity index (χ2v) is 7.93. The molecule has 0 saturated carbocycles. The van der Waals surface area contributed by atoms with Crippen molar-refractivity contribution in [1.82, 2.24) is 0 Å². The minimum absolute atomic E-state index is 0.0154. The molecular weight excluding hydrogens is 364 g/mol. The second-order valence-electron chi connectivity index (χ2n) is 4.17. The Morgan fingerprint density at radius 1 is 1.13 bits per heavy atom. The lowest BCUT2D eigenvalue weighted by atomic mass is 10.3. The van der Waals surface area contributed by atoms with Gasteiger partial charge in [-0.3, -0.25) is 10.1 Å². The number of sulfonamides is 1. The molecule has 0 aliphatic carbocycles. The fourth-order valence-electron chi connectivity index (χ4n) is 1.59. The van der Waals surface area contributed by atoms with E-state index in [4.69, 9.17) is 15.8 Å². The van der Waals surface area contributed by atoms with E-state index < -0.39 is 25.9 Å². The maximum atomic E-state index is 12.3. The van der Waals surface area contributed by atoms with E-state index in [1.54, 1.807) is 0 Å². The van der Waals surface area contributed by atoms with Crippen molar-refractivity contribution in [2.45, 2.75) is 9.79 Å². The largest absolute Gasteiger partial charge is 0.305 e. The number of hydrogen-bond donors (Lipinski definition) is 0. The average molecular weight is 375 g/mol. The molecule has 122 valence electrons. The van der Waals surface area contributed by atoms with Crippen LogP contribution in [0.1, 0.15) is 0 Å². The molecule has 23 heavy (non-hydrogen) atoms. The Bertz CT molecular complexity index is 849. The van der Waals surface area contributed by atoms with Crippen LogP contribution >= 0.6 is 11.6 Å². The Morgan fingerprint density at radius 3 is 2.17 bits per heavy atom. The summed E-state index contributed by atoms with van der Waals surface area (Å²) in [7, 11) is -4.04. The lowest BCUT2D eigenvalue weighted by molar-refractivity contribution is -0.384. The average Bonchev–Trinajstić information content (AvgIpc) is 2.53. The molecule has 0 unspecified atom stereocenters. The number of nitrogens with zero attached hydrogens (tertiary/aromatic N) is 2. The van der Waals surface area contributed by atoms with Crippen LogP contribution in [0.2, 0.25) is 5.02 Å². The molecule has 0 fully saturated rings. The molecule has 2 aromatic rings. The van der Waals surface area contributed by atoms with E-state index >= 15 is 0 Å². The number of rotatable bonds is 5. The van der Waals surface area contributed by atoms with Crippen LogP contribution in [0.4, 0.5) is 5.69 Å². The number of non-ortho nitro benzene ring substituents is 1. The summed E-state index contributed by atoms with van der Waals surface area (Å²) in [5, 5.41) is 11.0. The summed E-state index contributed by atoms with van der Waals surface area (Å²) >= 11 is 5.73. The van der Waals surface area contributed by atoms with Crippen LogP contribution in [-0.2, 0) is 25.2 Å². The van der Waals surface area contributed by atoms with Crippen molar-refractivity contribution in [2.75, 3.05) is 7.11 Å². The topological polar surface area (TPSA) is 98.9 Å². The fourth-order valence-corrected chi connectivity index (χ4v) is 4.40. The summed E-state index contributed by atoms with van der Waals surface area (Å²) in [6.07, 6.45) is 0. The SMILES string of the molecule is CO[S@](=NS(=O)(=O)c1ccc(Cl)cc1)c1ccc([N+](=O)[O-])cc1. The van der Waals surface area contributed by atoms with Crippen LogP contribution < -0.4 is 0 Å². The number of nitro benzene ring substituents is 1. The van der Waals surface area contributed by atoms with Crippen molar-refractivity contribution >= 4 is 38.3 Å². The van der Waals surface area contributed by atoms with Crippen molar-refractivity contribution in [3.05, 3.63) is 63.7 Å². The molecule has 7 nitrogen and oxygen atoms in total. The van der Waals surface area contributed by atoms with Gasteiger partial charge >= 0.3 is 0 Å². The van der Waals surface area contributed by atoms with Gasteiger partial charge in [0.25, 0.3) is 15.7 Å². The first-order valence-corrected chi connectivity index (χ1v) is 9.03. The number of nitro groups is 1. The first kappa shape index (κ1) is 17.5. The van der Waals surface area contributed by atoms with Crippen molar-refractivity contribution in [1.29, 1.82) is 0 Å². The third kappa shape index (κ3) is 4.35. The Hall–Kier alpha value is -1.81. The highest BCUT2D eigenvalue weighted by Crippen LogP contribution is 2.21. The summed E-state index contributed by atoms with van der Waals surface area (Å²) in [4.78, 5) is 10.5. The molecule has 0 aromatic heterocycles. The Kier molecular flexibility index (Phi) is 5.47. The summed E-state index contributed by atoms with van der Waals surface area (Å²) in [6.45, 7) is 0. The molecule has 1 atom stereocenters. The highest BCUT2D eigenvalue weighted by Gasteiger charge is 2.16. The molecule has 10 heteroatoms. The number of benzene rings is 2. The molecule has 2 rings (SSSR count). The van der Waals surface area contributed by atoms with Gasteiger partial charge in [-0.15, -0.1) is 3.77 Å². The van der Waals surface area contributed by atoms with Gasteiger partial charge in [0.1, 0.15) is 0 Å². The molecule has 0 amide bonds. The zero-order chi connectivity index (χ0) is 17.0. The van der Waals surface area contributed by atoms with E-state index in [2.05, 4.69) is 3.77 Å². The molecule has 0 N–H and O–H groups in total. The van der Waals surface area contributed by atoms with Gasteiger partial charge in [0.15, 0.2) is 0 Å². The lowest BCUT2D eigenvalue weighted by Crippen LogP contribution is -2.02. The van der Waals surface area contributed by atoms with Crippen LogP contribution in [0.25, 0.3) is 0 Å². The van der Waals surface area contributed by atoms with E-state index in [1.807, 2.05) is 0 Å². The Morgan fingerprint density at radius 2 is 1.70 bits per heavy atom. The zero-order valence-electron chi connectivity index (χ0n) is 11.7. The third-order valence-corrected chi connectivity index (χ3v) is 6.12. The molecule has 0 heterocycles. The predicted molar refractivity (Wildman–Crippen MR) is 86.8 cm³/mol. The Balaban J connectivity index is 2.41. The van der Waals surface area contributed by atoms with Gasteiger partial charge in [0.05, 0.1) is 27.9 Å². The van der Waals surface area contributed by atoms with Gasteiger partial charge in [0.2, 0.25) is 0 Å². The minimum atomic E-state index is -3.94. The van der Waals surface area contributed by atoms with Gasteiger partial charge in [-0.05, 0) is 36.4 Å². The van der Waals surface area contributed by atoms with Crippen LogP contribution in [0.15, 0.2) is 62.1 Å². The van der Waals surface area contributed by atoms with Crippen LogP contribution in [-0.4, -0.2) is 20.5 Å². The van der Waals surface area contributed by atoms with E-state index in [-0.39, 0.29) is 10.6 Å². The standard InChI is InChI=1S/C13H11ClN2O5S2/c1-21-22(12-6-4-11(5-7-12)16(17)18)15-23(19,20)13-8-2-10(14)3-9-13/h2-9H,1H3/t22-/m0/s1. The van der Waals surface area contributed by atoms with Crippen LogP contribution in [0.3, 0.4) is 0 Å². The summed E-state index contributed by atoms with van der Waals surface area (Å²) in [5.41, 5.74) is -0.103. The van der Waals surface area contributed by atoms with E-state index in [9.17, 15) is 18.5 Å². The highest BCUT2D eigenvalue weighted by atomic mass is 35.5. The van der Waals surface area contributed by atoms with Crippen molar-refractivity contribution in [3.8, 4) is 0 Å². The fraction of sp³-hybridized carbons (Fsp3) is 0.0769. The lowest BCUT2D eigenvalue weighted by Gasteiger charge is -2.06. The van der Waals surface area contributed by atoms with E-state index in [0.717, 1.165) is 0 Å². The molecule has 0 spiro atoms. The van der Waals surface area contributed by atoms with E-state index in [1.165, 1.54) is 55.6 Å². The molecule has 0 radical (unpaired) electrons. The minimum Gasteiger partial charge on any atom is -0.305 e. The quantitative estimate of drug-likeness (QED) is 0.590. The van der Waals surface area contributed by atoms with Gasteiger partial charge in [-0.1, -0.05) is 11.6 Å². The smallest absolute Gasteiger partial charge is 0.290 e. The molecule has 2 aromatic carbocycles. The molecule has 0 aliphatic rings. The van der Waals surface area contributed by atoms with Gasteiger partial charge in [0, 0.05) is 22.1 Å². The van der Waals surface area contributed by atoms with Gasteiger partial charge in [-0.2, -0.15) is 8.42 Å². The van der Waals surface area contributed by atoms with Crippen LogP contribution in [0, 0.1) is 10.1 Å². The zero-order valence-corrected chi connectivity index (χ0v) is 14.1.